The van der Waals surface area contributed by atoms with E-state index in [0.29, 0.717) is 6.04 Å². The second kappa shape index (κ2) is 6.87. The molecule has 0 N–H and O–H groups in total. The average molecular weight is 331 g/mol. The maximum Gasteiger partial charge on any atom is 0.255 e. The summed E-state index contributed by atoms with van der Waals surface area (Å²) in [6.07, 6.45) is 11.2. The van der Waals surface area contributed by atoms with E-state index in [2.05, 4.69) is 10.00 Å². The zero-order chi connectivity index (χ0) is 14.9. The van der Waals surface area contributed by atoms with Gasteiger partial charge >= 0.3 is 0 Å². The van der Waals surface area contributed by atoms with E-state index in [1.54, 1.807) is 17.5 Å². The smallest absolute Gasteiger partial charge is 0.255 e. The van der Waals surface area contributed by atoms with Crippen LogP contribution < -0.4 is 0 Å². The molecule has 2 aromatic heterocycles. The number of carbonyl (C=O) groups excluding carboxylic acids is 1. The normalized spacial score (nSPS) is 23.9. The van der Waals surface area contributed by atoms with Gasteiger partial charge in [0.1, 0.15) is 5.00 Å². The number of thiophene rings is 1. The minimum absolute atomic E-state index is 0. The van der Waals surface area contributed by atoms with Gasteiger partial charge in [-0.05, 0) is 43.7 Å². The highest BCUT2D eigenvalue weighted by atomic mass is 32.1. The van der Waals surface area contributed by atoms with Crippen LogP contribution in [-0.2, 0) is 0 Å². The van der Waals surface area contributed by atoms with Gasteiger partial charge in [0.15, 0.2) is 0 Å². The molecule has 1 saturated heterocycles. The Balaban J connectivity index is 0.00000156. The molecule has 2 fully saturated rings. The van der Waals surface area contributed by atoms with E-state index in [4.69, 9.17) is 0 Å². The van der Waals surface area contributed by atoms with Crippen LogP contribution >= 0.6 is 11.3 Å². The third kappa shape index (κ3) is 3.07. The van der Waals surface area contributed by atoms with Gasteiger partial charge in [0.25, 0.3) is 5.91 Å². The highest BCUT2D eigenvalue weighted by Gasteiger charge is 2.36. The van der Waals surface area contributed by atoms with E-state index >= 15 is 0 Å². The second-order valence-electron chi connectivity index (χ2n) is 6.38. The number of fused-ring (bicyclic) bond motifs is 1. The fraction of sp³-hybridized carbons (Fsp3) is 0.556. The highest BCUT2D eigenvalue weighted by Crippen LogP contribution is 2.36. The Morgan fingerprint density at radius 1 is 1.22 bits per heavy atom. The molecule has 2 aliphatic rings. The number of carbonyl (C=O) groups is 1. The van der Waals surface area contributed by atoms with Crippen molar-refractivity contribution in [3.8, 4) is 5.00 Å². The number of likely N-dealkylation sites (tertiary alicyclic amines) is 1. The number of piperidine rings is 1. The first-order valence-electron chi connectivity index (χ1n) is 8.22. The molecule has 5 heteroatoms. The fourth-order valence-electron chi connectivity index (χ4n) is 4.00. The summed E-state index contributed by atoms with van der Waals surface area (Å²) >= 11 is 1.58. The van der Waals surface area contributed by atoms with Gasteiger partial charge in [-0.3, -0.25) is 4.79 Å². The number of rotatable bonds is 2. The van der Waals surface area contributed by atoms with Gasteiger partial charge in [0, 0.05) is 30.4 Å². The lowest BCUT2D eigenvalue weighted by molar-refractivity contribution is 0.0391. The van der Waals surface area contributed by atoms with E-state index in [-0.39, 0.29) is 13.3 Å². The Morgan fingerprint density at radius 3 is 2.87 bits per heavy atom. The molecule has 2 aromatic rings. The molecule has 2 unspecified atom stereocenters. The first-order chi connectivity index (χ1) is 10.8. The maximum atomic E-state index is 12.9. The van der Waals surface area contributed by atoms with E-state index < -0.39 is 0 Å². The zero-order valence-corrected chi connectivity index (χ0v) is 13.5. The van der Waals surface area contributed by atoms with Crippen molar-refractivity contribution in [3.05, 3.63) is 35.5 Å². The number of amides is 1. The second-order valence-corrected chi connectivity index (χ2v) is 7.27. The molecule has 4 nitrogen and oxygen atoms in total. The van der Waals surface area contributed by atoms with Gasteiger partial charge < -0.3 is 4.90 Å². The molecule has 0 bridgehead atoms. The fourth-order valence-corrected chi connectivity index (χ4v) is 4.83. The molecule has 1 saturated carbocycles. The zero-order valence-electron chi connectivity index (χ0n) is 12.6. The molecule has 2 atom stereocenters. The van der Waals surface area contributed by atoms with E-state index in [0.717, 1.165) is 29.4 Å². The van der Waals surface area contributed by atoms with Gasteiger partial charge in [-0.2, -0.15) is 5.10 Å². The SMILES string of the molecule is C.O=C(c1csc(-n2cccn2)c1)N1CCCC2CCCCC21. The van der Waals surface area contributed by atoms with Crippen molar-refractivity contribution in [3.63, 3.8) is 0 Å². The number of nitrogens with zero attached hydrogens (tertiary/aromatic N) is 3. The predicted octanol–water partition coefficient (Wildman–Crippen LogP) is 4.36. The van der Waals surface area contributed by atoms with Crippen molar-refractivity contribution in [2.75, 3.05) is 6.54 Å². The molecule has 1 amide bonds. The summed E-state index contributed by atoms with van der Waals surface area (Å²) < 4.78 is 1.82. The topological polar surface area (TPSA) is 38.1 Å². The summed E-state index contributed by atoms with van der Waals surface area (Å²) in [6.45, 7) is 0.924. The lowest BCUT2D eigenvalue weighted by Gasteiger charge is -2.44. The molecule has 124 valence electrons. The van der Waals surface area contributed by atoms with E-state index in [1.807, 2.05) is 28.4 Å². The van der Waals surface area contributed by atoms with Gasteiger partial charge in [-0.25, -0.2) is 4.68 Å². The first-order valence-corrected chi connectivity index (χ1v) is 9.10. The molecule has 0 radical (unpaired) electrons. The Hall–Kier alpha value is -1.62. The van der Waals surface area contributed by atoms with Crippen LogP contribution in [0, 0.1) is 5.92 Å². The Morgan fingerprint density at radius 2 is 2.04 bits per heavy atom. The van der Waals surface area contributed by atoms with Gasteiger partial charge in [-0.15, -0.1) is 11.3 Å². The molecule has 0 spiro atoms. The van der Waals surface area contributed by atoms with Crippen LogP contribution in [0.25, 0.3) is 5.00 Å². The van der Waals surface area contributed by atoms with Crippen LogP contribution in [-0.4, -0.2) is 33.2 Å². The van der Waals surface area contributed by atoms with Crippen molar-refractivity contribution >= 4 is 17.2 Å². The molecule has 23 heavy (non-hydrogen) atoms. The van der Waals surface area contributed by atoms with Crippen LogP contribution in [0.15, 0.2) is 29.9 Å². The predicted molar refractivity (Wildman–Crippen MR) is 94.2 cm³/mol. The summed E-state index contributed by atoms with van der Waals surface area (Å²) in [4.78, 5) is 15.1. The minimum Gasteiger partial charge on any atom is -0.335 e. The van der Waals surface area contributed by atoms with Crippen LogP contribution in [0.5, 0.6) is 0 Å². The summed E-state index contributed by atoms with van der Waals surface area (Å²) in [6, 6.07) is 4.35. The molecular weight excluding hydrogens is 306 g/mol. The molecule has 0 aromatic carbocycles. The van der Waals surface area contributed by atoms with Crippen molar-refractivity contribution in [1.29, 1.82) is 0 Å². The van der Waals surface area contributed by atoms with Crippen molar-refractivity contribution in [1.82, 2.24) is 14.7 Å². The summed E-state index contributed by atoms with van der Waals surface area (Å²) in [7, 11) is 0. The van der Waals surface area contributed by atoms with Crippen LogP contribution in [0.4, 0.5) is 0 Å². The maximum absolute atomic E-state index is 12.9. The lowest BCUT2D eigenvalue weighted by Crippen LogP contribution is -2.49. The average Bonchev–Trinajstić information content (AvgIpc) is 3.24. The number of aromatic nitrogens is 2. The van der Waals surface area contributed by atoms with Crippen molar-refractivity contribution < 1.29 is 4.79 Å². The van der Waals surface area contributed by atoms with Gasteiger partial charge in [0.05, 0.1) is 5.56 Å². The molecule has 1 aliphatic carbocycles. The largest absolute Gasteiger partial charge is 0.335 e. The summed E-state index contributed by atoms with van der Waals surface area (Å²) in [5.74, 6) is 0.946. The standard InChI is InChI=1S/C17H21N3OS.CH4/c21-17(14-11-16(22-12-14)20-10-4-8-18-20)19-9-3-6-13-5-1-2-7-15(13)19;/h4,8,10-13,15H,1-3,5-7,9H2;1H4. The Labute approximate surface area is 142 Å². The van der Waals surface area contributed by atoms with Crippen LogP contribution in [0.2, 0.25) is 0 Å². The number of hydrogen-bond donors (Lipinski definition) is 0. The molecular formula is C18H25N3OS. The van der Waals surface area contributed by atoms with Gasteiger partial charge in [-0.1, -0.05) is 20.3 Å². The molecule has 1 aliphatic heterocycles. The first kappa shape index (κ1) is 16.2. The number of hydrogen-bond acceptors (Lipinski definition) is 3. The Kier molecular flexibility index (Phi) is 4.85. The Bertz CT molecular complexity index is 647. The summed E-state index contributed by atoms with van der Waals surface area (Å²) in [5.41, 5.74) is 0.821. The monoisotopic (exact) mass is 331 g/mol. The lowest BCUT2D eigenvalue weighted by atomic mass is 9.78. The van der Waals surface area contributed by atoms with Crippen LogP contribution in [0.3, 0.4) is 0 Å². The van der Waals surface area contributed by atoms with Crippen LogP contribution in [0.1, 0.15) is 56.3 Å². The molecule has 3 heterocycles. The third-order valence-electron chi connectivity index (χ3n) is 5.07. The van der Waals surface area contributed by atoms with Gasteiger partial charge in [0.2, 0.25) is 0 Å². The highest BCUT2D eigenvalue weighted by molar-refractivity contribution is 7.12. The van der Waals surface area contributed by atoms with Crippen molar-refractivity contribution in [2.24, 2.45) is 5.92 Å². The molecule has 4 rings (SSSR count). The third-order valence-corrected chi connectivity index (χ3v) is 5.99. The van der Waals surface area contributed by atoms with E-state index in [1.165, 1.54) is 32.1 Å². The quantitative estimate of drug-likeness (QED) is 0.820. The van der Waals surface area contributed by atoms with E-state index in [9.17, 15) is 4.79 Å². The minimum atomic E-state index is 0. The van der Waals surface area contributed by atoms with Crippen molar-refractivity contribution in [2.45, 2.75) is 52.0 Å². The summed E-state index contributed by atoms with van der Waals surface area (Å²) in [5, 5.41) is 7.22.